The first-order chi connectivity index (χ1) is 10.2. The van der Waals surface area contributed by atoms with Crippen LogP contribution in [0, 0.1) is 25.2 Å². The average molecular weight is 310 g/mol. The lowest BCUT2D eigenvalue weighted by atomic mass is 10.1. The second-order valence-corrected chi connectivity index (χ2v) is 5.17. The van der Waals surface area contributed by atoms with E-state index in [-0.39, 0.29) is 12.4 Å². The average Bonchev–Trinajstić information content (AvgIpc) is 2.48. The van der Waals surface area contributed by atoms with Gasteiger partial charge >= 0.3 is 0 Å². The SMILES string of the molecule is Cc1cccc(Nc2c(C#N)cnc3ccc(C)cc23)c1.Cl. The molecule has 3 aromatic rings. The number of rotatable bonds is 2. The van der Waals surface area contributed by atoms with Crippen molar-refractivity contribution in [2.24, 2.45) is 0 Å². The molecule has 0 aliphatic rings. The Labute approximate surface area is 136 Å². The van der Waals surface area contributed by atoms with Crippen LogP contribution in [0.2, 0.25) is 0 Å². The van der Waals surface area contributed by atoms with E-state index in [1.54, 1.807) is 6.20 Å². The molecule has 0 saturated heterocycles. The first-order valence-corrected chi connectivity index (χ1v) is 6.80. The lowest BCUT2D eigenvalue weighted by Crippen LogP contribution is -1.97. The van der Waals surface area contributed by atoms with Crippen molar-refractivity contribution in [3.05, 3.63) is 65.4 Å². The van der Waals surface area contributed by atoms with Gasteiger partial charge < -0.3 is 5.32 Å². The standard InChI is InChI=1S/C18H15N3.ClH/c1-12-4-3-5-15(8-12)21-18-14(10-19)11-20-17-7-6-13(2)9-16(17)18;/h3-9,11H,1-2H3,(H,20,21);1H. The number of fused-ring (bicyclic) bond motifs is 1. The molecule has 4 heteroatoms. The maximum atomic E-state index is 9.35. The number of anilines is 2. The number of nitriles is 1. The molecule has 0 spiro atoms. The summed E-state index contributed by atoms with van der Waals surface area (Å²) in [6.07, 6.45) is 1.62. The molecule has 0 fully saturated rings. The highest BCUT2D eigenvalue weighted by molar-refractivity contribution is 5.96. The highest BCUT2D eigenvalue weighted by Gasteiger charge is 2.09. The molecule has 0 atom stereocenters. The number of nitrogens with zero attached hydrogens (tertiary/aromatic N) is 2. The van der Waals surface area contributed by atoms with Crippen LogP contribution in [0.25, 0.3) is 10.9 Å². The normalized spacial score (nSPS) is 9.86. The lowest BCUT2D eigenvalue weighted by molar-refractivity contribution is 1.35. The molecule has 0 bridgehead atoms. The van der Waals surface area contributed by atoms with Gasteiger partial charge in [-0.3, -0.25) is 4.98 Å². The van der Waals surface area contributed by atoms with Crippen LogP contribution in [0.1, 0.15) is 16.7 Å². The Morgan fingerprint density at radius 2 is 1.82 bits per heavy atom. The van der Waals surface area contributed by atoms with Crippen LogP contribution >= 0.6 is 12.4 Å². The van der Waals surface area contributed by atoms with E-state index < -0.39 is 0 Å². The molecule has 22 heavy (non-hydrogen) atoms. The molecular formula is C18H16ClN3. The first-order valence-electron chi connectivity index (χ1n) is 6.80. The van der Waals surface area contributed by atoms with Gasteiger partial charge in [0, 0.05) is 17.3 Å². The van der Waals surface area contributed by atoms with Gasteiger partial charge in [0.25, 0.3) is 0 Å². The van der Waals surface area contributed by atoms with E-state index in [0.717, 1.165) is 27.8 Å². The molecule has 3 rings (SSSR count). The fourth-order valence-electron chi connectivity index (χ4n) is 2.39. The highest BCUT2D eigenvalue weighted by Crippen LogP contribution is 2.29. The third-order valence-corrected chi connectivity index (χ3v) is 3.43. The third kappa shape index (κ3) is 3.03. The smallest absolute Gasteiger partial charge is 0.103 e. The molecule has 1 heterocycles. The Bertz CT molecular complexity index is 866. The van der Waals surface area contributed by atoms with Crippen molar-refractivity contribution in [2.45, 2.75) is 13.8 Å². The van der Waals surface area contributed by atoms with E-state index >= 15 is 0 Å². The zero-order valence-electron chi connectivity index (χ0n) is 12.4. The van der Waals surface area contributed by atoms with Gasteiger partial charge in [-0.05, 0) is 43.7 Å². The van der Waals surface area contributed by atoms with Gasteiger partial charge in [-0.15, -0.1) is 12.4 Å². The van der Waals surface area contributed by atoms with Crippen LogP contribution < -0.4 is 5.32 Å². The predicted octanol–water partition coefficient (Wildman–Crippen LogP) is 4.89. The van der Waals surface area contributed by atoms with Gasteiger partial charge in [-0.25, -0.2) is 0 Å². The van der Waals surface area contributed by atoms with Gasteiger partial charge in [-0.1, -0.05) is 23.8 Å². The largest absolute Gasteiger partial charge is 0.354 e. The van der Waals surface area contributed by atoms with Gasteiger partial charge in [0.15, 0.2) is 0 Å². The molecule has 0 aliphatic heterocycles. The fourth-order valence-corrected chi connectivity index (χ4v) is 2.39. The van der Waals surface area contributed by atoms with Gasteiger partial charge in [-0.2, -0.15) is 5.26 Å². The topological polar surface area (TPSA) is 48.7 Å². The molecule has 0 amide bonds. The molecule has 0 saturated carbocycles. The number of nitrogens with one attached hydrogen (secondary N) is 1. The highest BCUT2D eigenvalue weighted by atomic mass is 35.5. The number of aromatic nitrogens is 1. The lowest BCUT2D eigenvalue weighted by Gasteiger charge is -2.12. The molecular weight excluding hydrogens is 294 g/mol. The molecule has 2 aromatic carbocycles. The summed E-state index contributed by atoms with van der Waals surface area (Å²) in [6, 6.07) is 16.4. The van der Waals surface area contributed by atoms with Crippen molar-refractivity contribution < 1.29 is 0 Å². The molecule has 0 radical (unpaired) electrons. The number of halogens is 1. The molecule has 0 unspecified atom stereocenters. The van der Waals surface area contributed by atoms with Gasteiger partial charge in [0.05, 0.1) is 16.8 Å². The summed E-state index contributed by atoms with van der Waals surface area (Å²) in [5.41, 5.74) is 5.54. The van der Waals surface area contributed by atoms with Crippen LogP contribution in [0.3, 0.4) is 0 Å². The van der Waals surface area contributed by atoms with Gasteiger partial charge in [0.2, 0.25) is 0 Å². The number of hydrogen-bond acceptors (Lipinski definition) is 3. The van der Waals surface area contributed by atoms with Crippen LogP contribution in [-0.4, -0.2) is 4.98 Å². The molecule has 1 N–H and O–H groups in total. The Morgan fingerprint density at radius 1 is 1.05 bits per heavy atom. The summed E-state index contributed by atoms with van der Waals surface area (Å²) in [5, 5.41) is 13.7. The number of benzene rings is 2. The Kier molecular flexibility index (Phi) is 4.65. The minimum atomic E-state index is 0. The third-order valence-electron chi connectivity index (χ3n) is 3.43. The van der Waals surface area contributed by atoms with Crippen LogP contribution in [0.15, 0.2) is 48.7 Å². The Balaban J connectivity index is 0.00000176. The van der Waals surface area contributed by atoms with Crippen LogP contribution in [-0.2, 0) is 0 Å². The zero-order chi connectivity index (χ0) is 14.8. The summed E-state index contributed by atoms with van der Waals surface area (Å²) in [6.45, 7) is 4.08. The maximum absolute atomic E-state index is 9.35. The van der Waals surface area contributed by atoms with Crippen LogP contribution in [0.4, 0.5) is 11.4 Å². The molecule has 3 nitrogen and oxygen atoms in total. The summed E-state index contributed by atoms with van der Waals surface area (Å²) < 4.78 is 0. The molecule has 0 aliphatic carbocycles. The summed E-state index contributed by atoms with van der Waals surface area (Å²) in [7, 11) is 0. The minimum absolute atomic E-state index is 0. The van der Waals surface area contributed by atoms with E-state index in [0.29, 0.717) is 5.56 Å². The maximum Gasteiger partial charge on any atom is 0.103 e. The van der Waals surface area contributed by atoms with Crippen molar-refractivity contribution in [2.75, 3.05) is 5.32 Å². The Morgan fingerprint density at radius 3 is 2.55 bits per heavy atom. The van der Waals surface area contributed by atoms with E-state index in [1.165, 1.54) is 5.56 Å². The Hall–Kier alpha value is -2.57. The van der Waals surface area contributed by atoms with Crippen molar-refractivity contribution in [3.8, 4) is 6.07 Å². The van der Waals surface area contributed by atoms with E-state index in [2.05, 4.69) is 28.5 Å². The van der Waals surface area contributed by atoms with Crippen LogP contribution in [0.5, 0.6) is 0 Å². The van der Waals surface area contributed by atoms with E-state index in [4.69, 9.17) is 0 Å². The van der Waals surface area contributed by atoms with E-state index in [9.17, 15) is 5.26 Å². The van der Waals surface area contributed by atoms with Crippen molar-refractivity contribution in [1.82, 2.24) is 4.98 Å². The van der Waals surface area contributed by atoms with Crippen molar-refractivity contribution in [1.29, 1.82) is 5.26 Å². The number of pyridine rings is 1. The molecule has 1 aromatic heterocycles. The summed E-state index contributed by atoms with van der Waals surface area (Å²) in [5.74, 6) is 0. The number of aryl methyl sites for hydroxylation is 2. The monoisotopic (exact) mass is 309 g/mol. The predicted molar refractivity (Wildman–Crippen MR) is 92.9 cm³/mol. The molecule has 110 valence electrons. The van der Waals surface area contributed by atoms with Gasteiger partial charge in [0.1, 0.15) is 6.07 Å². The fraction of sp³-hybridized carbons (Fsp3) is 0.111. The second kappa shape index (κ2) is 6.46. The minimum Gasteiger partial charge on any atom is -0.354 e. The quantitative estimate of drug-likeness (QED) is 0.733. The van der Waals surface area contributed by atoms with Crippen molar-refractivity contribution >= 4 is 34.7 Å². The first kappa shape index (κ1) is 15.8. The summed E-state index contributed by atoms with van der Waals surface area (Å²) in [4.78, 5) is 4.35. The van der Waals surface area contributed by atoms with Crippen molar-refractivity contribution in [3.63, 3.8) is 0 Å². The zero-order valence-corrected chi connectivity index (χ0v) is 13.2. The van der Waals surface area contributed by atoms with E-state index in [1.807, 2.05) is 44.2 Å². The number of hydrogen-bond donors (Lipinski definition) is 1. The summed E-state index contributed by atoms with van der Waals surface area (Å²) >= 11 is 0. The second-order valence-electron chi connectivity index (χ2n) is 5.17.